The van der Waals surface area contributed by atoms with Crippen LogP contribution in [0.25, 0.3) is 0 Å². The molecule has 1 fully saturated rings. The molecule has 1 rings (SSSR count). The summed E-state index contributed by atoms with van der Waals surface area (Å²) in [4.78, 5) is 0. The summed E-state index contributed by atoms with van der Waals surface area (Å²) in [7, 11) is 0. The number of nitrogens with zero attached hydrogens (tertiary/aromatic N) is 1. The van der Waals surface area contributed by atoms with Crippen LogP contribution < -0.4 is 10.6 Å². The lowest BCUT2D eigenvalue weighted by Crippen LogP contribution is -2.44. The van der Waals surface area contributed by atoms with Crippen molar-refractivity contribution in [1.29, 1.82) is 0 Å². The van der Waals surface area contributed by atoms with Gasteiger partial charge in [0.1, 0.15) is 6.23 Å². The molecule has 0 saturated carbocycles. The van der Waals surface area contributed by atoms with Crippen LogP contribution >= 0.6 is 0 Å². The predicted octanol–water partition coefficient (Wildman–Crippen LogP) is -1.49. The number of aliphatic hydroxyl groups is 1. The summed E-state index contributed by atoms with van der Waals surface area (Å²) < 4.78 is 0. The van der Waals surface area contributed by atoms with E-state index in [0.29, 0.717) is 6.54 Å². The fourth-order valence-electron chi connectivity index (χ4n) is 0.588. The molecule has 1 saturated heterocycles. The number of rotatable bonds is 0. The molecule has 1 aliphatic heterocycles. The first-order chi connectivity index (χ1) is 3.39. The van der Waals surface area contributed by atoms with E-state index in [-0.39, 0.29) is 6.23 Å². The number of piperazine rings is 1. The summed E-state index contributed by atoms with van der Waals surface area (Å²) in [5.41, 5.74) is 0. The highest BCUT2D eigenvalue weighted by atomic mass is 16.3. The Morgan fingerprint density at radius 2 is 2.57 bits per heavy atom. The number of nitrogens with one attached hydrogen (secondary N) is 1. The second-order valence-corrected chi connectivity index (χ2v) is 1.60. The van der Waals surface area contributed by atoms with Gasteiger partial charge in [0.2, 0.25) is 0 Å². The topological polar surface area (TPSA) is 46.4 Å². The van der Waals surface area contributed by atoms with Crippen LogP contribution in [0.1, 0.15) is 0 Å². The van der Waals surface area contributed by atoms with E-state index in [0.717, 1.165) is 13.1 Å². The minimum atomic E-state index is -0.381. The van der Waals surface area contributed by atoms with Gasteiger partial charge in [-0.3, -0.25) is 5.32 Å². The Labute approximate surface area is 42.7 Å². The summed E-state index contributed by atoms with van der Waals surface area (Å²) in [6.45, 7) is 2.22. The Balaban J connectivity index is 2.12. The van der Waals surface area contributed by atoms with Crippen LogP contribution in [0, 0.1) is 0 Å². The van der Waals surface area contributed by atoms with E-state index in [1.807, 2.05) is 0 Å². The Bertz CT molecular complexity index is 51.7. The molecule has 3 nitrogen and oxygen atoms in total. The monoisotopic (exact) mass is 101 g/mol. The summed E-state index contributed by atoms with van der Waals surface area (Å²) >= 11 is 0. The van der Waals surface area contributed by atoms with E-state index >= 15 is 0 Å². The van der Waals surface area contributed by atoms with Gasteiger partial charge in [-0.2, -0.15) is 0 Å². The normalized spacial score (nSPS) is 33.0. The Morgan fingerprint density at radius 1 is 1.71 bits per heavy atom. The fraction of sp³-hybridized carbons (Fsp3) is 1.00. The minimum absolute atomic E-state index is 0.381. The molecule has 0 aliphatic carbocycles. The van der Waals surface area contributed by atoms with Gasteiger partial charge in [0.15, 0.2) is 0 Å². The zero-order valence-electron chi connectivity index (χ0n) is 4.09. The van der Waals surface area contributed by atoms with Crippen molar-refractivity contribution in [2.45, 2.75) is 6.23 Å². The molecular weight excluding hydrogens is 92.1 g/mol. The molecule has 1 heterocycles. The summed E-state index contributed by atoms with van der Waals surface area (Å²) in [5, 5.41) is 15.5. The maximum atomic E-state index is 8.70. The lowest BCUT2D eigenvalue weighted by Gasteiger charge is -2.17. The van der Waals surface area contributed by atoms with Crippen LogP contribution in [0.15, 0.2) is 0 Å². The smallest absolute Gasteiger partial charge is 0.119 e. The first-order valence-electron chi connectivity index (χ1n) is 2.44. The van der Waals surface area contributed by atoms with Crippen molar-refractivity contribution in [2.75, 3.05) is 19.6 Å². The first-order valence-corrected chi connectivity index (χ1v) is 2.44. The number of aliphatic hydroxyl groups excluding tert-OH is 1. The van der Waals surface area contributed by atoms with Gasteiger partial charge in [-0.15, -0.1) is 0 Å². The SMILES string of the molecule is OC1C[N]CCN1. The minimum Gasteiger partial charge on any atom is -0.377 e. The summed E-state index contributed by atoms with van der Waals surface area (Å²) in [5.74, 6) is 0. The molecule has 3 heteroatoms. The third-order valence-electron chi connectivity index (χ3n) is 0.952. The average molecular weight is 101 g/mol. The highest BCUT2D eigenvalue weighted by Gasteiger charge is 2.06. The Kier molecular flexibility index (Phi) is 1.62. The van der Waals surface area contributed by atoms with Crippen molar-refractivity contribution >= 4 is 0 Å². The molecule has 1 unspecified atom stereocenters. The van der Waals surface area contributed by atoms with Gasteiger partial charge in [0.25, 0.3) is 0 Å². The molecule has 1 atom stereocenters. The molecule has 0 aromatic carbocycles. The molecular formula is C4H9N2O. The Hall–Kier alpha value is -0.120. The van der Waals surface area contributed by atoms with Crippen molar-refractivity contribution < 1.29 is 5.11 Å². The maximum Gasteiger partial charge on any atom is 0.119 e. The standard InChI is InChI=1S/C4H9N2O/c7-4-3-5-1-2-6-4/h4,6-7H,1-3H2. The maximum absolute atomic E-state index is 8.70. The van der Waals surface area contributed by atoms with Crippen molar-refractivity contribution in [2.24, 2.45) is 0 Å². The molecule has 0 spiro atoms. The van der Waals surface area contributed by atoms with E-state index in [1.165, 1.54) is 0 Å². The largest absolute Gasteiger partial charge is 0.377 e. The molecule has 7 heavy (non-hydrogen) atoms. The van der Waals surface area contributed by atoms with Gasteiger partial charge in [-0.25, -0.2) is 5.32 Å². The van der Waals surface area contributed by atoms with E-state index < -0.39 is 0 Å². The highest BCUT2D eigenvalue weighted by Crippen LogP contribution is 1.79. The van der Waals surface area contributed by atoms with Gasteiger partial charge in [0, 0.05) is 13.1 Å². The quantitative estimate of drug-likeness (QED) is 0.390. The van der Waals surface area contributed by atoms with Gasteiger partial charge in [-0.1, -0.05) is 0 Å². The van der Waals surface area contributed by atoms with Crippen LogP contribution in [0.4, 0.5) is 0 Å². The van der Waals surface area contributed by atoms with Gasteiger partial charge in [-0.05, 0) is 0 Å². The van der Waals surface area contributed by atoms with Crippen LogP contribution in [-0.4, -0.2) is 31.0 Å². The van der Waals surface area contributed by atoms with E-state index in [4.69, 9.17) is 5.11 Å². The summed E-state index contributed by atoms with van der Waals surface area (Å²) in [6.07, 6.45) is -0.381. The first kappa shape index (κ1) is 5.03. The molecule has 2 N–H and O–H groups in total. The third-order valence-corrected chi connectivity index (χ3v) is 0.952. The van der Waals surface area contributed by atoms with E-state index in [9.17, 15) is 0 Å². The molecule has 0 amide bonds. The predicted molar refractivity (Wildman–Crippen MR) is 25.9 cm³/mol. The van der Waals surface area contributed by atoms with Crippen LogP contribution in [0.5, 0.6) is 0 Å². The highest BCUT2D eigenvalue weighted by molar-refractivity contribution is 4.63. The second-order valence-electron chi connectivity index (χ2n) is 1.60. The van der Waals surface area contributed by atoms with Crippen LogP contribution in [0.2, 0.25) is 0 Å². The van der Waals surface area contributed by atoms with Gasteiger partial charge in [0.05, 0.1) is 6.54 Å². The third kappa shape index (κ3) is 1.43. The van der Waals surface area contributed by atoms with Gasteiger partial charge < -0.3 is 5.11 Å². The van der Waals surface area contributed by atoms with Crippen molar-refractivity contribution in [3.05, 3.63) is 0 Å². The van der Waals surface area contributed by atoms with Crippen LogP contribution in [0.3, 0.4) is 0 Å². The van der Waals surface area contributed by atoms with Crippen molar-refractivity contribution in [3.63, 3.8) is 0 Å². The molecule has 1 radical (unpaired) electrons. The number of hydrogen-bond acceptors (Lipinski definition) is 2. The summed E-state index contributed by atoms with van der Waals surface area (Å²) in [6, 6.07) is 0. The fourth-order valence-corrected chi connectivity index (χ4v) is 0.588. The second kappa shape index (κ2) is 2.26. The van der Waals surface area contributed by atoms with Crippen molar-refractivity contribution in [1.82, 2.24) is 10.6 Å². The zero-order chi connectivity index (χ0) is 5.11. The van der Waals surface area contributed by atoms with E-state index in [1.54, 1.807) is 0 Å². The number of hydrogen-bond donors (Lipinski definition) is 2. The van der Waals surface area contributed by atoms with E-state index in [2.05, 4.69) is 10.6 Å². The zero-order valence-corrected chi connectivity index (χ0v) is 4.09. The van der Waals surface area contributed by atoms with Crippen LogP contribution in [-0.2, 0) is 0 Å². The molecule has 0 aromatic rings. The lowest BCUT2D eigenvalue weighted by atomic mass is 10.4. The average Bonchev–Trinajstić information content (AvgIpc) is 1.69. The van der Waals surface area contributed by atoms with Crippen molar-refractivity contribution in [3.8, 4) is 0 Å². The lowest BCUT2D eigenvalue weighted by molar-refractivity contribution is 0.118. The Morgan fingerprint density at radius 3 is 2.86 bits per heavy atom. The van der Waals surface area contributed by atoms with Gasteiger partial charge >= 0.3 is 0 Å². The molecule has 41 valence electrons. The molecule has 0 bridgehead atoms. The molecule has 0 aromatic heterocycles. The molecule has 1 aliphatic rings.